The molecule has 0 bridgehead atoms. The second-order valence-corrected chi connectivity index (χ2v) is 17.7. The van der Waals surface area contributed by atoms with Crippen molar-refractivity contribution in [3.63, 3.8) is 0 Å². The Kier molecular flexibility index (Phi) is 6.46. The lowest BCUT2D eigenvalue weighted by molar-refractivity contribution is -0.127. The molecule has 3 aliphatic carbocycles. The van der Waals surface area contributed by atoms with Crippen LogP contribution in [0.1, 0.15) is 66.7 Å². The summed E-state index contributed by atoms with van der Waals surface area (Å²) in [6.07, 6.45) is 10.2. The van der Waals surface area contributed by atoms with E-state index >= 15 is 0 Å². The number of allylic oxidation sites excluding steroid dienone is 4. The van der Waals surface area contributed by atoms with Gasteiger partial charge in [0.2, 0.25) is 0 Å². The molecule has 0 N–H and O–H groups in total. The van der Waals surface area contributed by atoms with Crippen LogP contribution < -0.4 is 0 Å². The van der Waals surface area contributed by atoms with Crippen LogP contribution in [0.4, 0.5) is 0 Å². The molecule has 0 saturated heterocycles. The topological polar surface area (TPSA) is 26.3 Å². The number of rotatable bonds is 6. The normalized spacial score (nSPS) is 34.4. The minimum absolute atomic E-state index is 0.162. The second-order valence-electron chi connectivity index (χ2n) is 11.2. The summed E-state index contributed by atoms with van der Waals surface area (Å²) >= 11 is 2.39. The zero-order chi connectivity index (χ0) is 20.9. The van der Waals surface area contributed by atoms with Crippen molar-refractivity contribution in [2.75, 3.05) is 6.61 Å². The Morgan fingerprint density at radius 2 is 2.07 bits per heavy atom. The highest BCUT2D eigenvalue weighted by Gasteiger charge is 2.67. The van der Waals surface area contributed by atoms with E-state index in [9.17, 15) is 4.79 Å². The lowest BCUT2D eigenvalue weighted by Crippen LogP contribution is -2.43. The van der Waals surface area contributed by atoms with Gasteiger partial charge in [-0.1, -0.05) is 45.4 Å². The number of hydrogen-bond acceptors (Lipinski definition) is 2. The number of carbonyl (C=O) groups is 1. The molecule has 0 aromatic carbocycles. The van der Waals surface area contributed by atoms with Crippen LogP contribution in [0, 0.1) is 29.1 Å². The van der Waals surface area contributed by atoms with Crippen LogP contribution in [-0.4, -0.2) is 20.7 Å². The van der Waals surface area contributed by atoms with Gasteiger partial charge in [0, 0.05) is 18.4 Å². The summed E-state index contributed by atoms with van der Waals surface area (Å²) in [4.78, 5) is 13.6. The quantitative estimate of drug-likeness (QED) is 0.211. The first-order chi connectivity index (χ1) is 12.9. The highest BCUT2D eigenvalue weighted by atomic mass is 127. The van der Waals surface area contributed by atoms with Crippen molar-refractivity contribution >= 4 is 36.7 Å². The van der Waals surface area contributed by atoms with Gasteiger partial charge >= 0.3 is 0 Å². The molecular formula is C24H39IO2Si. The molecule has 0 amide bonds. The maximum atomic E-state index is 13.6. The summed E-state index contributed by atoms with van der Waals surface area (Å²) in [7, 11) is -1.81. The molecule has 4 heteroatoms. The number of Topliss-reactive ketones (excluding diaryl/α,β-unsaturated/α-hetero) is 1. The van der Waals surface area contributed by atoms with Crippen molar-refractivity contribution in [2.45, 2.75) is 84.9 Å². The molecule has 2 unspecified atom stereocenters. The Hall–Kier alpha value is 0.0569. The zero-order valence-electron chi connectivity index (χ0n) is 18.9. The van der Waals surface area contributed by atoms with E-state index in [-0.39, 0.29) is 22.3 Å². The van der Waals surface area contributed by atoms with E-state index in [2.05, 4.69) is 82.5 Å². The molecule has 0 heterocycles. The van der Waals surface area contributed by atoms with Gasteiger partial charge in [-0.25, -0.2) is 0 Å². The van der Waals surface area contributed by atoms with Crippen LogP contribution in [0.15, 0.2) is 21.3 Å². The average Bonchev–Trinajstić information content (AvgIpc) is 3.24. The molecule has 3 rings (SSSR count). The van der Waals surface area contributed by atoms with Gasteiger partial charge in [0.05, 0.1) is 0 Å². The van der Waals surface area contributed by atoms with Crippen molar-refractivity contribution in [2.24, 2.45) is 29.1 Å². The van der Waals surface area contributed by atoms with Crippen molar-refractivity contribution in [1.82, 2.24) is 0 Å². The fraction of sp³-hybridized carbons (Fsp3) is 0.792. The summed E-state index contributed by atoms with van der Waals surface area (Å²) in [6, 6.07) is 0. The van der Waals surface area contributed by atoms with Crippen LogP contribution in [0.25, 0.3) is 0 Å². The maximum absolute atomic E-state index is 13.6. The SMILES string of the molecule is C/C(I)=C/C[C@@H](CO[Si](C)(C)C(C)(C)C)[C@H]1CCC2=CCC[C@]3(C)C(C1=O)C23. The molecule has 2 saturated carbocycles. The molecule has 0 spiro atoms. The standard InChI is InChI=1S/C24H39IO2Si/c1-16(25)10-11-18(15-27-28(6,7)23(2,3)4)19-13-12-17-9-8-14-24(5)20(17)21(24)22(19)26/h9-10,18-21H,8,11-15H2,1-7H3/b16-10-/t18-,19+,20?,21?,24-/m0/s1. The van der Waals surface area contributed by atoms with E-state index in [0.717, 1.165) is 25.9 Å². The number of hydrogen-bond donors (Lipinski definition) is 0. The Morgan fingerprint density at radius 1 is 1.39 bits per heavy atom. The molecule has 5 atom stereocenters. The molecular weight excluding hydrogens is 475 g/mol. The fourth-order valence-corrected chi connectivity index (χ4v) is 6.63. The molecule has 0 radical (unpaired) electrons. The lowest BCUT2D eigenvalue weighted by atomic mass is 9.78. The smallest absolute Gasteiger partial charge is 0.191 e. The van der Waals surface area contributed by atoms with E-state index < -0.39 is 8.32 Å². The number of ketones is 1. The molecule has 0 aromatic rings. The Bertz CT molecular complexity index is 683. The van der Waals surface area contributed by atoms with Crippen LogP contribution in [0.2, 0.25) is 18.1 Å². The van der Waals surface area contributed by atoms with Crippen LogP contribution in [-0.2, 0) is 9.22 Å². The van der Waals surface area contributed by atoms with Gasteiger partial charge < -0.3 is 4.43 Å². The van der Waals surface area contributed by atoms with Gasteiger partial charge in [-0.3, -0.25) is 4.79 Å². The van der Waals surface area contributed by atoms with E-state index in [1.807, 2.05) is 0 Å². The monoisotopic (exact) mass is 514 g/mol. The van der Waals surface area contributed by atoms with E-state index in [4.69, 9.17) is 4.43 Å². The zero-order valence-corrected chi connectivity index (χ0v) is 22.1. The summed E-state index contributed by atoms with van der Waals surface area (Å²) < 4.78 is 7.95. The minimum Gasteiger partial charge on any atom is -0.417 e. The van der Waals surface area contributed by atoms with Gasteiger partial charge in [-0.15, -0.1) is 0 Å². The summed E-state index contributed by atoms with van der Waals surface area (Å²) in [5, 5.41) is 0.205. The largest absolute Gasteiger partial charge is 0.417 e. The maximum Gasteiger partial charge on any atom is 0.191 e. The van der Waals surface area contributed by atoms with Crippen LogP contribution in [0.3, 0.4) is 0 Å². The van der Waals surface area contributed by atoms with Gasteiger partial charge in [0.1, 0.15) is 5.78 Å². The molecule has 158 valence electrons. The lowest BCUT2D eigenvalue weighted by Gasteiger charge is -2.38. The van der Waals surface area contributed by atoms with Crippen molar-refractivity contribution in [1.29, 1.82) is 0 Å². The number of fused-ring (bicyclic) bond motifs is 1. The second kappa shape index (κ2) is 7.95. The summed E-state index contributed by atoms with van der Waals surface area (Å²) in [6.45, 7) is 16.8. The fourth-order valence-electron chi connectivity index (χ4n) is 5.31. The third-order valence-corrected chi connectivity index (χ3v) is 13.2. The number of halogens is 1. The predicted octanol–water partition coefficient (Wildman–Crippen LogP) is 7.30. The Labute approximate surface area is 187 Å². The Balaban J connectivity index is 1.80. The first-order valence-corrected chi connectivity index (χ1v) is 15.1. The predicted molar refractivity (Wildman–Crippen MR) is 129 cm³/mol. The molecule has 0 aliphatic heterocycles. The van der Waals surface area contributed by atoms with Crippen molar-refractivity contribution in [3.05, 3.63) is 21.3 Å². The van der Waals surface area contributed by atoms with Crippen molar-refractivity contribution < 1.29 is 9.22 Å². The molecule has 2 nitrogen and oxygen atoms in total. The minimum atomic E-state index is -1.81. The first-order valence-electron chi connectivity index (χ1n) is 11.1. The van der Waals surface area contributed by atoms with Crippen molar-refractivity contribution in [3.8, 4) is 0 Å². The van der Waals surface area contributed by atoms with E-state index in [0.29, 0.717) is 17.6 Å². The molecule has 0 aromatic heterocycles. The average molecular weight is 515 g/mol. The van der Waals surface area contributed by atoms with Gasteiger partial charge in [-0.2, -0.15) is 0 Å². The summed E-state index contributed by atoms with van der Waals surface area (Å²) in [5.41, 5.74) is 1.86. The van der Waals surface area contributed by atoms with E-state index in [1.54, 1.807) is 5.57 Å². The van der Waals surface area contributed by atoms with Gasteiger partial charge in [0.15, 0.2) is 8.32 Å². The van der Waals surface area contributed by atoms with Gasteiger partial charge in [-0.05, 0) is 101 Å². The van der Waals surface area contributed by atoms with Crippen LogP contribution in [0.5, 0.6) is 0 Å². The highest BCUT2D eigenvalue weighted by Crippen LogP contribution is 2.69. The summed E-state index contributed by atoms with van der Waals surface area (Å²) in [5.74, 6) is 1.88. The van der Waals surface area contributed by atoms with Crippen LogP contribution >= 0.6 is 22.6 Å². The third-order valence-electron chi connectivity index (χ3n) is 8.29. The third kappa shape index (κ3) is 4.25. The molecule has 28 heavy (non-hydrogen) atoms. The first kappa shape index (κ1) is 22.7. The molecule has 3 aliphatic rings. The van der Waals surface area contributed by atoms with E-state index in [1.165, 1.54) is 16.4 Å². The highest BCUT2D eigenvalue weighted by molar-refractivity contribution is 14.1. The molecule has 2 fully saturated rings. The Morgan fingerprint density at radius 3 is 2.68 bits per heavy atom. The number of carbonyl (C=O) groups excluding carboxylic acids is 1. The van der Waals surface area contributed by atoms with Gasteiger partial charge in [0.25, 0.3) is 0 Å².